The number of halogens is 1. The quantitative estimate of drug-likeness (QED) is 0.389. The fraction of sp³-hybridized carbons (Fsp3) is 0.400. The number of nitrogens with zero attached hydrogens (tertiary/aromatic N) is 3. The van der Waals surface area contributed by atoms with Crippen LogP contribution >= 0.6 is 22.9 Å². The Morgan fingerprint density at radius 2 is 2.07 bits per heavy atom. The van der Waals surface area contributed by atoms with Crippen molar-refractivity contribution in [3.05, 3.63) is 80.8 Å². The van der Waals surface area contributed by atoms with Gasteiger partial charge in [0.2, 0.25) is 0 Å². The number of fused-ring (bicyclic) bond motifs is 1. The second-order valence-electron chi connectivity index (χ2n) is 10.7. The first-order valence-corrected chi connectivity index (χ1v) is 15.1. The monoisotopic (exact) mass is 596 g/mol. The van der Waals surface area contributed by atoms with Crippen molar-refractivity contribution >= 4 is 46.5 Å². The van der Waals surface area contributed by atoms with Crippen LogP contribution in [0.3, 0.4) is 0 Å². The number of hydrogen-bond donors (Lipinski definition) is 2. The molecule has 3 atom stereocenters. The minimum Gasteiger partial charge on any atom is -0.380 e. The van der Waals surface area contributed by atoms with Crippen molar-refractivity contribution in [2.75, 3.05) is 32.1 Å². The van der Waals surface area contributed by atoms with E-state index in [0.717, 1.165) is 24.9 Å². The molecule has 216 valence electrons. The van der Waals surface area contributed by atoms with E-state index in [0.29, 0.717) is 41.4 Å². The van der Waals surface area contributed by atoms with E-state index in [1.54, 1.807) is 62.0 Å². The average Bonchev–Trinajstić information content (AvgIpc) is 3.62. The number of methoxy groups -OCH3 is 1. The molecule has 0 saturated carbocycles. The summed E-state index contributed by atoms with van der Waals surface area (Å²) in [7, 11) is 3.22. The Morgan fingerprint density at radius 3 is 2.80 bits per heavy atom. The lowest BCUT2D eigenvalue weighted by Gasteiger charge is -2.30. The summed E-state index contributed by atoms with van der Waals surface area (Å²) in [5.41, 5.74) is 2.75. The van der Waals surface area contributed by atoms with Crippen LogP contribution in [0.25, 0.3) is 0 Å². The standard InChI is InChI=1S/C30H34ClN5O4S/c1-36(19-22-7-3-5-12-32-22,29(38)25-16-23(40-2)18-33-25)30(39)34-17-21-10-9-20(15-24(21)31)28(37)35-13-6-4-8-27-26(35)11-14-41-27/h3,5,7,9-12,14-15,23,25,33H,4,6,8,13,16-19H2,1-2H3/p+1/t23-,25+,36?/m1/s1. The van der Waals surface area contributed by atoms with Gasteiger partial charge in [-0.1, -0.05) is 23.7 Å². The Balaban J connectivity index is 1.30. The lowest BCUT2D eigenvalue weighted by atomic mass is 10.1. The summed E-state index contributed by atoms with van der Waals surface area (Å²) in [6.07, 6.45) is 5.03. The van der Waals surface area contributed by atoms with Crippen LogP contribution in [0.15, 0.2) is 54.0 Å². The molecule has 0 aliphatic carbocycles. The number of hydrogen-bond acceptors (Lipinski definition) is 7. The number of quaternary nitrogens is 1. The zero-order chi connectivity index (χ0) is 29.0. The first-order valence-electron chi connectivity index (χ1n) is 13.8. The minimum absolute atomic E-state index is 0.0871. The van der Waals surface area contributed by atoms with Crippen molar-refractivity contribution in [2.45, 2.75) is 50.9 Å². The highest BCUT2D eigenvalue weighted by Crippen LogP contribution is 2.32. The van der Waals surface area contributed by atoms with E-state index in [4.69, 9.17) is 16.3 Å². The molecular weight excluding hydrogens is 562 g/mol. The molecular formula is C30H35ClN5O4S+. The Bertz CT molecular complexity index is 1420. The van der Waals surface area contributed by atoms with E-state index in [-0.39, 0.29) is 31.0 Å². The second kappa shape index (κ2) is 12.8. The number of anilines is 1. The molecule has 0 radical (unpaired) electrons. The van der Waals surface area contributed by atoms with Gasteiger partial charge in [-0.15, -0.1) is 11.3 Å². The molecule has 1 unspecified atom stereocenters. The molecule has 4 heterocycles. The number of urea groups is 1. The molecule has 0 spiro atoms. The molecule has 1 fully saturated rings. The molecule has 2 aliphatic rings. The predicted molar refractivity (Wildman–Crippen MR) is 159 cm³/mol. The number of nitrogens with one attached hydrogen (secondary N) is 2. The summed E-state index contributed by atoms with van der Waals surface area (Å²) in [5.74, 6) is -0.349. The zero-order valence-corrected chi connectivity index (χ0v) is 24.8. The van der Waals surface area contributed by atoms with Crippen molar-refractivity contribution in [2.24, 2.45) is 0 Å². The number of rotatable bonds is 7. The number of ether oxygens (including phenoxy) is 1. The van der Waals surface area contributed by atoms with Gasteiger partial charge in [0.15, 0.2) is 0 Å². The summed E-state index contributed by atoms with van der Waals surface area (Å²) in [6, 6.07) is 11.6. The summed E-state index contributed by atoms with van der Waals surface area (Å²) in [5, 5.41) is 8.50. The van der Waals surface area contributed by atoms with Crippen LogP contribution in [0.1, 0.15) is 45.8 Å². The van der Waals surface area contributed by atoms with Gasteiger partial charge >= 0.3 is 11.9 Å². The van der Waals surface area contributed by atoms with E-state index in [1.165, 1.54) is 4.88 Å². The molecule has 2 aromatic heterocycles. The lowest BCUT2D eigenvalue weighted by molar-refractivity contribution is -0.768. The van der Waals surface area contributed by atoms with Crippen LogP contribution < -0.4 is 15.5 Å². The average molecular weight is 597 g/mol. The van der Waals surface area contributed by atoms with E-state index in [9.17, 15) is 14.4 Å². The smallest absolute Gasteiger partial charge is 0.380 e. The second-order valence-corrected chi connectivity index (χ2v) is 12.1. The van der Waals surface area contributed by atoms with Gasteiger partial charge in [-0.25, -0.2) is 9.59 Å². The minimum atomic E-state index is -0.518. The lowest BCUT2D eigenvalue weighted by Crippen LogP contribution is -2.62. The molecule has 9 nitrogen and oxygen atoms in total. The van der Waals surface area contributed by atoms with Gasteiger partial charge in [0.25, 0.3) is 5.91 Å². The summed E-state index contributed by atoms with van der Waals surface area (Å²) < 4.78 is 4.89. The number of imide groups is 1. The maximum Gasteiger partial charge on any atom is 0.424 e. The number of pyridine rings is 1. The largest absolute Gasteiger partial charge is 0.424 e. The van der Waals surface area contributed by atoms with Crippen LogP contribution in [0.2, 0.25) is 5.02 Å². The Morgan fingerprint density at radius 1 is 1.22 bits per heavy atom. The van der Waals surface area contributed by atoms with Crippen molar-refractivity contribution in [1.82, 2.24) is 15.6 Å². The van der Waals surface area contributed by atoms with Gasteiger partial charge in [-0.3, -0.25) is 15.1 Å². The molecule has 1 aromatic carbocycles. The number of carbonyl (C=O) groups excluding carboxylic acids is 3. The summed E-state index contributed by atoms with van der Waals surface area (Å²) >= 11 is 8.31. The van der Waals surface area contributed by atoms with E-state index in [1.807, 2.05) is 22.4 Å². The molecule has 0 bridgehead atoms. The number of amides is 4. The predicted octanol–water partition coefficient (Wildman–Crippen LogP) is 4.54. The molecule has 41 heavy (non-hydrogen) atoms. The molecule has 4 amide bonds. The maximum atomic E-state index is 13.7. The van der Waals surface area contributed by atoms with Crippen molar-refractivity contribution in [1.29, 1.82) is 0 Å². The van der Waals surface area contributed by atoms with Crippen LogP contribution in [0, 0.1) is 0 Å². The summed E-state index contributed by atoms with van der Waals surface area (Å²) in [6.45, 7) is 1.42. The maximum absolute atomic E-state index is 13.7. The van der Waals surface area contributed by atoms with Crippen LogP contribution in [0.4, 0.5) is 10.5 Å². The summed E-state index contributed by atoms with van der Waals surface area (Å²) in [4.78, 5) is 48.2. The number of benzene rings is 1. The third-order valence-corrected chi connectivity index (χ3v) is 9.21. The first-order chi connectivity index (χ1) is 19.8. The number of carbonyl (C=O) groups is 3. The van der Waals surface area contributed by atoms with E-state index in [2.05, 4.69) is 15.6 Å². The fourth-order valence-electron chi connectivity index (χ4n) is 5.45. The Kier molecular flexibility index (Phi) is 9.16. The SMILES string of the molecule is CO[C@H]1CN[C@H](C(=O)[N+](C)(Cc2ccccn2)C(=O)NCc2ccc(C(=O)N3CCCCc4sccc43)cc2Cl)C1. The van der Waals surface area contributed by atoms with Gasteiger partial charge in [0, 0.05) is 54.8 Å². The van der Waals surface area contributed by atoms with Gasteiger partial charge in [0.05, 0.1) is 24.5 Å². The fourth-order valence-corrected chi connectivity index (χ4v) is 6.62. The normalized spacial score (nSPS) is 20.1. The highest BCUT2D eigenvalue weighted by Gasteiger charge is 2.47. The van der Waals surface area contributed by atoms with Crippen LogP contribution in [0.5, 0.6) is 0 Å². The van der Waals surface area contributed by atoms with Gasteiger partial charge in [-0.05, 0) is 60.5 Å². The zero-order valence-electron chi connectivity index (χ0n) is 23.3. The molecule has 2 aliphatic heterocycles. The van der Waals surface area contributed by atoms with E-state index >= 15 is 0 Å². The van der Waals surface area contributed by atoms with Crippen molar-refractivity contribution in [3.63, 3.8) is 0 Å². The highest BCUT2D eigenvalue weighted by molar-refractivity contribution is 7.10. The van der Waals surface area contributed by atoms with Crippen molar-refractivity contribution < 1.29 is 23.6 Å². The number of thiophene rings is 1. The topological polar surface area (TPSA) is 101 Å². The van der Waals surface area contributed by atoms with Crippen LogP contribution in [-0.4, -0.2) is 66.7 Å². The first kappa shape index (κ1) is 29.3. The number of aromatic nitrogens is 1. The van der Waals surface area contributed by atoms with Gasteiger partial charge in [0.1, 0.15) is 12.6 Å². The molecule has 1 saturated heterocycles. The Labute approximate surface area is 249 Å². The van der Waals surface area contributed by atoms with Gasteiger partial charge in [-0.2, -0.15) is 4.48 Å². The molecule has 2 N–H and O–H groups in total. The highest BCUT2D eigenvalue weighted by atomic mass is 35.5. The molecule has 3 aromatic rings. The van der Waals surface area contributed by atoms with Crippen LogP contribution in [-0.2, 0) is 29.0 Å². The third kappa shape index (κ3) is 6.37. The number of aryl methyl sites for hydroxylation is 1. The van der Waals surface area contributed by atoms with Gasteiger partial charge < -0.3 is 15.0 Å². The van der Waals surface area contributed by atoms with Crippen molar-refractivity contribution in [3.8, 4) is 0 Å². The Hall–Kier alpha value is -3.15. The number of likely N-dealkylation sites (N-methyl/N-ethyl adjacent to an activating group) is 1. The molecule has 11 heteroatoms. The third-order valence-electron chi connectivity index (χ3n) is 7.88. The van der Waals surface area contributed by atoms with E-state index < -0.39 is 16.6 Å². The molecule has 5 rings (SSSR count).